The monoisotopic (exact) mass is 300 g/mol. The van der Waals surface area contributed by atoms with Crippen molar-refractivity contribution >= 4 is 0 Å². The van der Waals surface area contributed by atoms with E-state index in [-0.39, 0.29) is 36.9 Å². The Hall–Kier alpha value is -0.200. The van der Waals surface area contributed by atoms with Crippen LogP contribution >= 0.6 is 0 Å². The first kappa shape index (κ1) is 15.7. The van der Waals surface area contributed by atoms with Crippen LogP contribution in [0.1, 0.15) is 46.0 Å². The Bertz CT molecular complexity index is 340. The smallest absolute Gasteiger partial charge is 0.163 e. The van der Waals surface area contributed by atoms with Gasteiger partial charge in [-0.3, -0.25) is 0 Å². The van der Waals surface area contributed by atoms with Crippen LogP contribution in [0.15, 0.2) is 0 Å². The van der Waals surface area contributed by atoms with Crippen molar-refractivity contribution in [3.05, 3.63) is 0 Å². The zero-order valence-corrected chi connectivity index (χ0v) is 13.1. The van der Waals surface area contributed by atoms with Gasteiger partial charge in [0.05, 0.1) is 18.8 Å². The molecule has 5 atom stereocenters. The van der Waals surface area contributed by atoms with E-state index in [0.29, 0.717) is 6.61 Å². The van der Waals surface area contributed by atoms with E-state index in [4.69, 9.17) is 18.9 Å². The van der Waals surface area contributed by atoms with Gasteiger partial charge in [-0.25, -0.2) is 0 Å². The number of aliphatic hydroxyl groups excluding tert-OH is 1. The van der Waals surface area contributed by atoms with Crippen LogP contribution in [0.25, 0.3) is 0 Å². The predicted molar refractivity (Wildman–Crippen MR) is 76.7 cm³/mol. The lowest BCUT2D eigenvalue weighted by atomic mass is 9.75. The molecule has 5 nitrogen and oxygen atoms in total. The Labute approximate surface area is 126 Å². The number of fused-ring (bicyclic) bond motifs is 1. The molecule has 0 bridgehead atoms. The largest absolute Gasteiger partial charge is 0.396 e. The van der Waals surface area contributed by atoms with E-state index in [1.54, 1.807) is 0 Å². The second-order valence-electron chi connectivity index (χ2n) is 6.93. The molecular weight excluding hydrogens is 272 g/mol. The molecule has 0 aromatic carbocycles. The Balaban J connectivity index is 1.62. The van der Waals surface area contributed by atoms with Crippen molar-refractivity contribution in [3.8, 4) is 0 Å². The highest BCUT2D eigenvalue weighted by atomic mass is 16.7. The van der Waals surface area contributed by atoms with Gasteiger partial charge in [-0.2, -0.15) is 0 Å². The zero-order valence-electron chi connectivity index (χ0n) is 13.1. The molecule has 3 rings (SSSR count). The van der Waals surface area contributed by atoms with Gasteiger partial charge in [-0.05, 0) is 46.0 Å². The highest BCUT2D eigenvalue weighted by Crippen LogP contribution is 2.40. The van der Waals surface area contributed by atoms with Crippen LogP contribution in [0.3, 0.4) is 0 Å². The Kier molecular flexibility index (Phi) is 4.86. The van der Waals surface area contributed by atoms with Gasteiger partial charge < -0.3 is 24.1 Å². The summed E-state index contributed by atoms with van der Waals surface area (Å²) < 4.78 is 23.6. The van der Waals surface area contributed by atoms with Gasteiger partial charge in [0.1, 0.15) is 0 Å². The second kappa shape index (κ2) is 6.50. The standard InChI is InChI=1S/C16H28O5/c1-16(2)19-10-12-11(9-17)13(6-7-14(12)21-16)20-15-5-3-4-8-18-15/h11-15,17H,3-10H2,1-2H3/t11-,12-,13-,14+,15?/m1/s1. The zero-order chi connectivity index (χ0) is 14.9. The Morgan fingerprint density at radius 3 is 2.76 bits per heavy atom. The molecule has 0 amide bonds. The number of hydrogen-bond acceptors (Lipinski definition) is 5. The number of rotatable bonds is 3. The lowest BCUT2D eigenvalue weighted by Gasteiger charge is -2.49. The fourth-order valence-corrected chi connectivity index (χ4v) is 3.82. The van der Waals surface area contributed by atoms with E-state index in [2.05, 4.69) is 0 Å². The van der Waals surface area contributed by atoms with Crippen LogP contribution in [0.2, 0.25) is 0 Å². The van der Waals surface area contributed by atoms with E-state index in [9.17, 15) is 5.11 Å². The Morgan fingerprint density at radius 1 is 1.19 bits per heavy atom. The summed E-state index contributed by atoms with van der Waals surface area (Å²) >= 11 is 0. The number of aliphatic hydroxyl groups is 1. The van der Waals surface area contributed by atoms with Gasteiger partial charge in [0.2, 0.25) is 0 Å². The second-order valence-corrected chi connectivity index (χ2v) is 6.93. The van der Waals surface area contributed by atoms with Crippen LogP contribution < -0.4 is 0 Å². The third-order valence-electron chi connectivity index (χ3n) is 4.97. The van der Waals surface area contributed by atoms with Gasteiger partial charge >= 0.3 is 0 Å². The first-order valence-electron chi connectivity index (χ1n) is 8.29. The first-order valence-corrected chi connectivity index (χ1v) is 8.29. The molecule has 122 valence electrons. The number of hydrogen-bond donors (Lipinski definition) is 1. The molecule has 0 aromatic rings. The molecule has 1 unspecified atom stereocenters. The Morgan fingerprint density at radius 2 is 2.05 bits per heavy atom. The van der Waals surface area contributed by atoms with Gasteiger partial charge in [0, 0.05) is 25.0 Å². The van der Waals surface area contributed by atoms with Crippen LogP contribution in [0.4, 0.5) is 0 Å². The molecule has 21 heavy (non-hydrogen) atoms. The van der Waals surface area contributed by atoms with Gasteiger partial charge in [-0.1, -0.05) is 0 Å². The quantitative estimate of drug-likeness (QED) is 0.864. The van der Waals surface area contributed by atoms with E-state index in [0.717, 1.165) is 38.7 Å². The van der Waals surface area contributed by atoms with Gasteiger partial charge in [0.25, 0.3) is 0 Å². The van der Waals surface area contributed by atoms with E-state index < -0.39 is 5.79 Å². The van der Waals surface area contributed by atoms with E-state index in [1.165, 1.54) is 0 Å². The summed E-state index contributed by atoms with van der Waals surface area (Å²) in [6.45, 7) is 5.44. The molecule has 0 radical (unpaired) electrons. The average Bonchev–Trinajstić information content (AvgIpc) is 2.47. The van der Waals surface area contributed by atoms with Crippen molar-refractivity contribution in [1.82, 2.24) is 0 Å². The molecule has 2 saturated heterocycles. The molecule has 5 heteroatoms. The van der Waals surface area contributed by atoms with Gasteiger partial charge in [-0.15, -0.1) is 0 Å². The molecule has 0 spiro atoms. The predicted octanol–water partition coefficient (Wildman–Crippen LogP) is 2.07. The molecule has 2 heterocycles. The summed E-state index contributed by atoms with van der Waals surface area (Å²) in [6.07, 6.45) is 5.24. The lowest BCUT2D eigenvalue weighted by Crippen LogP contribution is -2.54. The van der Waals surface area contributed by atoms with Crippen molar-refractivity contribution in [2.75, 3.05) is 19.8 Å². The van der Waals surface area contributed by atoms with Crippen molar-refractivity contribution in [1.29, 1.82) is 0 Å². The summed E-state index contributed by atoms with van der Waals surface area (Å²) in [4.78, 5) is 0. The highest BCUT2D eigenvalue weighted by Gasteiger charge is 2.46. The summed E-state index contributed by atoms with van der Waals surface area (Å²) in [7, 11) is 0. The summed E-state index contributed by atoms with van der Waals surface area (Å²) in [5.41, 5.74) is 0. The first-order chi connectivity index (χ1) is 10.1. The molecule has 0 aromatic heterocycles. The summed E-state index contributed by atoms with van der Waals surface area (Å²) in [5, 5.41) is 9.83. The van der Waals surface area contributed by atoms with Crippen molar-refractivity contribution in [2.45, 2.75) is 70.2 Å². The molecular formula is C16H28O5. The van der Waals surface area contributed by atoms with Crippen molar-refractivity contribution in [3.63, 3.8) is 0 Å². The number of ether oxygens (including phenoxy) is 4. The van der Waals surface area contributed by atoms with Crippen LogP contribution in [-0.2, 0) is 18.9 Å². The topological polar surface area (TPSA) is 57.2 Å². The SMILES string of the molecule is CC1(C)OC[C@@H]2[C@@H](CO)[C@H](OC3CCCCO3)CC[C@@H]2O1. The highest BCUT2D eigenvalue weighted by molar-refractivity contribution is 4.92. The molecule has 1 aliphatic carbocycles. The molecule has 2 aliphatic heterocycles. The third kappa shape index (κ3) is 3.59. The van der Waals surface area contributed by atoms with Gasteiger partial charge in [0.15, 0.2) is 12.1 Å². The van der Waals surface area contributed by atoms with Crippen LogP contribution in [-0.4, -0.2) is 49.2 Å². The van der Waals surface area contributed by atoms with Crippen molar-refractivity contribution < 1.29 is 24.1 Å². The maximum absolute atomic E-state index is 9.83. The maximum Gasteiger partial charge on any atom is 0.163 e. The van der Waals surface area contributed by atoms with E-state index in [1.807, 2.05) is 13.8 Å². The molecule has 1 saturated carbocycles. The minimum atomic E-state index is -0.513. The normalized spacial score (nSPS) is 43.3. The minimum Gasteiger partial charge on any atom is -0.396 e. The molecule has 1 N–H and O–H groups in total. The minimum absolute atomic E-state index is 0.0489. The lowest BCUT2D eigenvalue weighted by molar-refractivity contribution is -0.319. The summed E-state index contributed by atoms with van der Waals surface area (Å²) in [6, 6.07) is 0. The molecule has 3 fully saturated rings. The van der Waals surface area contributed by atoms with Crippen LogP contribution in [0.5, 0.6) is 0 Å². The maximum atomic E-state index is 9.83. The summed E-state index contributed by atoms with van der Waals surface area (Å²) in [5.74, 6) is -0.225. The average molecular weight is 300 g/mol. The van der Waals surface area contributed by atoms with Crippen molar-refractivity contribution in [2.24, 2.45) is 11.8 Å². The fourth-order valence-electron chi connectivity index (χ4n) is 3.82. The molecule has 3 aliphatic rings. The fraction of sp³-hybridized carbons (Fsp3) is 1.00. The third-order valence-corrected chi connectivity index (χ3v) is 4.97. The van der Waals surface area contributed by atoms with E-state index >= 15 is 0 Å². The van der Waals surface area contributed by atoms with Crippen LogP contribution in [0, 0.1) is 11.8 Å².